The summed E-state index contributed by atoms with van der Waals surface area (Å²) in [6.07, 6.45) is 5.73. The Labute approximate surface area is 202 Å². The number of anilines is 1. The minimum Gasteiger partial charge on any atom is -0.381 e. The van der Waals surface area contributed by atoms with Gasteiger partial charge in [0.1, 0.15) is 5.82 Å². The van der Waals surface area contributed by atoms with Gasteiger partial charge in [0.15, 0.2) is 5.96 Å². The normalized spacial score (nSPS) is 24.5. The number of pyridine rings is 1. The molecule has 3 aliphatic rings. The van der Waals surface area contributed by atoms with Crippen molar-refractivity contribution in [2.75, 3.05) is 50.8 Å². The number of aromatic nitrogens is 1. The lowest BCUT2D eigenvalue weighted by Gasteiger charge is -2.32. The summed E-state index contributed by atoms with van der Waals surface area (Å²) in [5, 5.41) is 3.47. The molecule has 9 heteroatoms. The number of nitrogens with two attached hydrogens (primary N) is 1. The van der Waals surface area contributed by atoms with Crippen LogP contribution in [0, 0.1) is 11.3 Å². The average molecular weight is 542 g/mol. The van der Waals surface area contributed by atoms with Crippen LogP contribution in [0.4, 0.5) is 5.82 Å². The second-order valence-electron chi connectivity index (χ2n) is 8.79. The Bertz CT molecular complexity index is 775. The van der Waals surface area contributed by atoms with Crippen molar-refractivity contribution in [3.05, 3.63) is 23.9 Å². The second kappa shape index (κ2) is 10.8. The standard InChI is InChI=1S/C22H34N6O2.HI/c1-2-24-21(28-12-7-22(15-28)8-13-30-16-22)26-14-18-4-3-9-25-20(18)27-10-5-17(6-11-27)19(23)29;/h3-4,9,17H,2,5-8,10-16H2,1H3,(H2,23,29)(H,24,26);1H. The number of carbonyl (C=O) groups excluding carboxylic acids is 1. The maximum atomic E-state index is 11.5. The molecule has 3 aliphatic heterocycles. The number of amides is 1. The smallest absolute Gasteiger partial charge is 0.220 e. The first-order chi connectivity index (χ1) is 14.6. The van der Waals surface area contributed by atoms with E-state index >= 15 is 0 Å². The fraction of sp³-hybridized carbons (Fsp3) is 0.682. The molecule has 0 radical (unpaired) electrons. The van der Waals surface area contributed by atoms with Gasteiger partial charge in [0, 0.05) is 62.4 Å². The Morgan fingerprint density at radius 1 is 1.35 bits per heavy atom. The summed E-state index contributed by atoms with van der Waals surface area (Å²) < 4.78 is 5.68. The van der Waals surface area contributed by atoms with E-state index in [0.717, 1.165) is 82.5 Å². The van der Waals surface area contributed by atoms with E-state index in [1.807, 2.05) is 12.3 Å². The number of ether oxygens (including phenoxy) is 1. The maximum Gasteiger partial charge on any atom is 0.220 e. The number of carbonyl (C=O) groups is 1. The molecule has 4 heterocycles. The first-order valence-electron chi connectivity index (χ1n) is 11.2. The van der Waals surface area contributed by atoms with E-state index in [4.69, 9.17) is 15.5 Å². The molecule has 3 fully saturated rings. The first kappa shape index (κ1) is 24.0. The van der Waals surface area contributed by atoms with Crippen molar-refractivity contribution in [3.63, 3.8) is 0 Å². The predicted molar refractivity (Wildman–Crippen MR) is 133 cm³/mol. The van der Waals surface area contributed by atoms with Crippen LogP contribution in [0.25, 0.3) is 0 Å². The molecular formula is C22H35IN6O2. The van der Waals surface area contributed by atoms with Crippen molar-refractivity contribution >= 4 is 41.7 Å². The van der Waals surface area contributed by atoms with Crippen LogP contribution in [0.1, 0.15) is 38.2 Å². The number of guanidine groups is 1. The van der Waals surface area contributed by atoms with E-state index < -0.39 is 0 Å². The molecule has 0 aromatic carbocycles. The van der Waals surface area contributed by atoms with Crippen molar-refractivity contribution < 1.29 is 9.53 Å². The molecule has 1 spiro atoms. The quantitative estimate of drug-likeness (QED) is 0.336. The van der Waals surface area contributed by atoms with Crippen LogP contribution in [0.3, 0.4) is 0 Å². The van der Waals surface area contributed by atoms with Crippen LogP contribution >= 0.6 is 24.0 Å². The van der Waals surface area contributed by atoms with Gasteiger partial charge in [-0.25, -0.2) is 9.98 Å². The molecule has 8 nitrogen and oxygen atoms in total. The minimum absolute atomic E-state index is 0. The van der Waals surface area contributed by atoms with Crippen LogP contribution in [-0.2, 0) is 16.1 Å². The number of primary amides is 1. The highest BCUT2D eigenvalue weighted by atomic mass is 127. The third-order valence-electron chi connectivity index (χ3n) is 6.72. The van der Waals surface area contributed by atoms with E-state index in [1.54, 1.807) is 0 Å². The molecule has 1 aromatic rings. The molecule has 31 heavy (non-hydrogen) atoms. The summed E-state index contributed by atoms with van der Waals surface area (Å²) >= 11 is 0. The zero-order chi connectivity index (χ0) is 21.0. The van der Waals surface area contributed by atoms with Gasteiger partial charge in [-0.2, -0.15) is 0 Å². The van der Waals surface area contributed by atoms with E-state index in [-0.39, 0.29) is 35.8 Å². The predicted octanol–water partition coefficient (Wildman–Crippen LogP) is 1.98. The molecule has 1 unspecified atom stereocenters. The number of hydrogen-bond donors (Lipinski definition) is 2. The number of hydrogen-bond acceptors (Lipinski definition) is 5. The van der Waals surface area contributed by atoms with E-state index in [1.165, 1.54) is 6.42 Å². The zero-order valence-electron chi connectivity index (χ0n) is 18.4. The fourth-order valence-electron chi connectivity index (χ4n) is 4.89. The Kier molecular flexibility index (Phi) is 8.37. The van der Waals surface area contributed by atoms with Crippen molar-refractivity contribution in [2.24, 2.45) is 22.1 Å². The molecule has 1 atom stereocenters. The lowest BCUT2D eigenvalue weighted by molar-refractivity contribution is -0.122. The van der Waals surface area contributed by atoms with Gasteiger partial charge in [-0.1, -0.05) is 6.07 Å². The van der Waals surface area contributed by atoms with Crippen LogP contribution in [0.2, 0.25) is 0 Å². The van der Waals surface area contributed by atoms with Crippen molar-refractivity contribution in [3.8, 4) is 0 Å². The summed E-state index contributed by atoms with van der Waals surface area (Å²) in [7, 11) is 0. The highest BCUT2D eigenvalue weighted by Crippen LogP contribution is 2.38. The minimum atomic E-state index is -0.188. The Balaban J connectivity index is 0.00000272. The molecule has 0 aliphatic carbocycles. The summed E-state index contributed by atoms with van der Waals surface area (Å²) in [5.41, 5.74) is 6.90. The molecule has 0 bridgehead atoms. The SMILES string of the molecule is CCNC(=NCc1cccnc1N1CCC(C(N)=O)CC1)N1CCC2(CCOC2)C1.I. The van der Waals surface area contributed by atoms with E-state index in [0.29, 0.717) is 12.0 Å². The topological polar surface area (TPSA) is 96.1 Å². The summed E-state index contributed by atoms with van der Waals surface area (Å²) in [6, 6.07) is 4.07. The first-order valence-corrected chi connectivity index (χ1v) is 11.2. The summed E-state index contributed by atoms with van der Waals surface area (Å²) in [4.78, 5) is 25.7. The van der Waals surface area contributed by atoms with Gasteiger partial charge >= 0.3 is 0 Å². The highest BCUT2D eigenvalue weighted by molar-refractivity contribution is 14.0. The van der Waals surface area contributed by atoms with Gasteiger partial charge in [0.05, 0.1) is 13.2 Å². The second-order valence-corrected chi connectivity index (χ2v) is 8.79. The van der Waals surface area contributed by atoms with E-state index in [9.17, 15) is 4.79 Å². The lowest BCUT2D eigenvalue weighted by Crippen LogP contribution is -2.41. The third kappa shape index (κ3) is 5.60. The van der Waals surface area contributed by atoms with Crippen molar-refractivity contribution in [2.45, 2.75) is 39.2 Å². The van der Waals surface area contributed by atoms with Gasteiger partial charge in [-0.15, -0.1) is 24.0 Å². The largest absolute Gasteiger partial charge is 0.381 e. The van der Waals surface area contributed by atoms with Crippen LogP contribution in [0.15, 0.2) is 23.3 Å². The van der Waals surface area contributed by atoms with Crippen LogP contribution < -0.4 is 16.0 Å². The third-order valence-corrected chi connectivity index (χ3v) is 6.72. The monoisotopic (exact) mass is 542 g/mol. The number of piperidine rings is 1. The van der Waals surface area contributed by atoms with Gasteiger partial charge in [-0.3, -0.25) is 4.79 Å². The van der Waals surface area contributed by atoms with Crippen molar-refractivity contribution in [1.29, 1.82) is 0 Å². The van der Waals surface area contributed by atoms with Gasteiger partial charge in [-0.05, 0) is 38.7 Å². The Morgan fingerprint density at radius 2 is 2.16 bits per heavy atom. The number of rotatable bonds is 5. The Hall–Kier alpha value is -1.62. The maximum absolute atomic E-state index is 11.5. The number of halogens is 1. The van der Waals surface area contributed by atoms with Gasteiger partial charge in [0.25, 0.3) is 0 Å². The molecule has 172 valence electrons. The van der Waals surface area contributed by atoms with E-state index in [2.05, 4.69) is 33.1 Å². The zero-order valence-corrected chi connectivity index (χ0v) is 20.7. The molecule has 3 N–H and O–H groups in total. The molecule has 3 saturated heterocycles. The van der Waals surface area contributed by atoms with Crippen LogP contribution in [-0.4, -0.2) is 67.7 Å². The van der Waals surface area contributed by atoms with Crippen LogP contribution in [0.5, 0.6) is 0 Å². The number of nitrogens with one attached hydrogen (secondary N) is 1. The summed E-state index contributed by atoms with van der Waals surface area (Å²) in [5.74, 6) is 1.74. The molecule has 1 amide bonds. The Morgan fingerprint density at radius 3 is 2.84 bits per heavy atom. The van der Waals surface area contributed by atoms with Gasteiger partial charge < -0.3 is 25.6 Å². The van der Waals surface area contributed by atoms with Crippen molar-refractivity contribution in [1.82, 2.24) is 15.2 Å². The average Bonchev–Trinajstić information content (AvgIpc) is 3.41. The number of aliphatic imine (C=N–C) groups is 1. The molecule has 4 rings (SSSR count). The molecule has 1 aromatic heterocycles. The molecular weight excluding hydrogens is 507 g/mol. The van der Waals surface area contributed by atoms with Gasteiger partial charge in [0.2, 0.25) is 5.91 Å². The number of nitrogens with zero attached hydrogens (tertiary/aromatic N) is 4. The number of likely N-dealkylation sites (tertiary alicyclic amines) is 1. The fourth-order valence-corrected chi connectivity index (χ4v) is 4.89. The summed E-state index contributed by atoms with van der Waals surface area (Å²) in [6.45, 7) is 8.93. The molecule has 0 saturated carbocycles. The lowest BCUT2D eigenvalue weighted by atomic mass is 9.87. The highest BCUT2D eigenvalue weighted by Gasteiger charge is 2.42.